The third kappa shape index (κ3) is 3.45. The molecule has 106 valence electrons. The molecule has 0 aliphatic carbocycles. The second-order valence-corrected chi connectivity index (χ2v) is 5.37. The van der Waals surface area contributed by atoms with Crippen molar-refractivity contribution in [2.45, 2.75) is 25.0 Å². The molecular weight excluding hydrogens is 267 g/mol. The third-order valence-electron chi connectivity index (χ3n) is 3.60. The quantitative estimate of drug-likeness (QED) is 0.904. The largest absolute Gasteiger partial charge is 0.377 e. The second-order valence-electron chi connectivity index (χ2n) is 4.96. The van der Waals surface area contributed by atoms with Crippen molar-refractivity contribution in [2.24, 2.45) is 5.73 Å². The van der Waals surface area contributed by atoms with Gasteiger partial charge in [0.25, 0.3) is 0 Å². The van der Waals surface area contributed by atoms with E-state index in [1.54, 1.807) is 12.1 Å². The van der Waals surface area contributed by atoms with E-state index in [4.69, 9.17) is 22.1 Å². The molecule has 19 heavy (non-hydrogen) atoms. The van der Waals surface area contributed by atoms with Gasteiger partial charge >= 0.3 is 0 Å². The van der Waals surface area contributed by atoms with E-state index in [9.17, 15) is 4.39 Å². The van der Waals surface area contributed by atoms with Crippen LogP contribution in [-0.2, 0) is 4.74 Å². The highest BCUT2D eigenvalue weighted by Gasteiger charge is 2.25. The van der Waals surface area contributed by atoms with Gasteiger partial charge in [0, 0.05) is 30.3 Å². The molecule has 1 saturated heterocycles. The zero-order chi connectivity index (χ0) is 13.8. The van der Waals surface area contributed by atoms with E-state index in [1.807, 2.05) is 11.9 Å². The van der Waals surface area contributed by atoms with Crippen molar-refractivity contribution in [1.82, 2.24) is 4.90 Å². The predicted molar refractivity (Wildman–Crippen MR) is 74.8 cm³/mol. The van der Waals surface area contributed by atoms with Crippen LogP contribution >= 0.6 is 11.6 Å². The van der Waals surface area contributed by atoms with Gasteiger partial charge in [-0.3, -0.25) is 4.90 Å². The van der Waals surface area contributed by atoms with Gasteiger partial charge in [0.1, 0.15) is 5.82 Å². The van der Waals surface area contributed by atoms with Gasteiger partial charge < -0.3 is 10.5 Å². The molecule has 0 aromatic heterocycles. The van der Waals surface area contributed by atoms with Crippen LogP contribution in [0.2, 0.25) is 5.02 Å². The van der Waals surface area contributed by atoms with Crippen molar-refractivity contribution in [3.05, 3.63) is 34.6 Å². The Morgan fingerprint density at radius 1 is 1.58 bits per heavy atom. The van der Waals surface area contributed by atoms with E-state index in [0.717, 1.165) is 26.0 Å². The molecule has 1 heterocycles. The Morgan fingerprint density at radius 2 is 2.37 bits per heavy atom. The van der Waals surface area contributed by atoms with Gasteiger partial charge in [0.2, 0.25) is 0 Å². The van der Waals surface area contributed by atoms with Gasteiger partial charge in [-0.2, -0.15) is 0 Å². The third-order valence-corrected chi connectivity index (χ3v) is 3.93. The highest BCUT2D eigenvalue weighted by molar-refractivity contribution is 6.31. The van der Waals surface area contributed by atoms with Crippen LogP contribution in [-0.4, -0.2) is 37.7 Å². The molecule has 2 rings (SSSR count). The molecule has 0 saturated carbocycles. The molecule has 5 heteroatoms. The molecule has 1 aromatic carbocycles. The number of halogens is 2. The zero-order valence-electron chi connectivity index (χ0n) is 11.1. The van der Waals surface area contributed by atoms with Gasteiger partial charge in [0.15, 0.2) is 0 Å². The number of rotatable bonds is 5. The highest BCUT2D eigenvalue weighted by atomic mass is 35.5. The summed E-state index contributed by atoms with van der Waals surface area (Å²) in [6.07, 6.45) is 2.35. The van der Waals surface area contributed by atoms with Crippen LogP contribution < -0.4 is 5.73 Å². The topological polar surface area (TPSA) is 38.5 Å². The zero-order valence-corrected chi connectivity index (χ0v) is 11.9. The van der Waals surface area contributed by atoms with Crippen molar-refractivity contribution in [1.29, 1.82) is 0 Å². The molecule has 1 aliphatic rings. The Bertz CT molecular complexity index is 404. The highest BCUT2D eigenvalue weighted by Crippen LogP contribution is 2.29. The number of ether oxygens (including phenoxy) is 1. The Balaban J connectivity index is 2.14. The van der Waals surface area contributed by atoms with Crippen LogP contribution in [0.4, 0.5) is 4.39 Å². The first-order valence-corrected chi connectivity index (χ1v) is 6.97. The molecule has 0 radical (unpaired) electrons. The van der Waals surface area contributed by atoms with Gasteiger partial charge in [-0.1, -0.05) is 17.7 Å². The summed E-state index contributed by atoms with van der Waals surface area (Å²) in [5, 5.41) is 0.426. The first kappa shape index (κ1) is 14.7. The molecule has 0 amide bonds. The minimum atomic E-state index is -0.304. The van der Waals surface area contributed by atoms with E-state index in [1.165, 1.54) is 6.07 Å². The lowest BCUT2D eigenvalue weighted by Gasteiger charge is -2.30. The Morgan fingerprint density at radius 3 is 2.95 bits per heavy atom. The van der Waals surface area contributed by atoms with E-state index in [2.05, 4.69) is 0 Å². The molecule has 2 atom stereocenters. The number of nitrogens with two attached hydrogens (primary N) is 1. The predicted octanol–water partition coefficient (Wildman–Crippen LogP) is 2.59. The van der Waals surface area contributed by atoms with E-state index in [0.29, 0.717) is 17.1 Å². The first-order valence-electron chi connectivity index (χ1n) is 6.59. The summed E-state index contributed by atoms with van der Waals surface area (Å²) in [7, 11) is 1.93. The first-order chi connectivity index (χ1) is 9.13. The monoisotopic (exact) mass is 286 g/mol. The number of likely N-dealkylation sites (N-methyl/N-ethyl adjacent to an activating group) is 1. The van der Waals surface area contributed by atoms with Crippen molar-refractivity contribution in [3.63, 3.8) is 0 Å². The Hall–Kier alpha value is -0.680. The van der Waals surface area contributed by atoms with Crippen molar-refractivity contribution in [3.8, 4) is 0 Å². The number of hydrogen-bond donors (Lipinski definition) is 1. The van der Waals surface area contributed by atoms with Gasteiger partial charge in [-0.25, -0.2) is 4.39 Å². The van der Waals surface area contributed by atoms with Crippen molar-refractivity contribution in [2.75, 3.05) is 26.7 Å². The molecule has 1 aromatic rings. The number of benzene rings is 1. The fraction of sp³-hybridized carbons (Fsp3) is 0.571. The van der Waals surface area contributed by atoms with Gasteiger partial charge in [-0.05, 0) is 32.0 Å². The van der Waals surface area contributed by atoms with Crippen LogP contribution in [0, 0.1) is 5.82 Å². The summed E-state index contributed by atoms with van der Waals surface area (Å²) in [5.74, 6) is -0.304. The lowest BCUT2D eigenvalue weighted by atomic mass is 10.0. The molecule has 2 unspecified atom stereocenters. The molecule has 1 aliphatic heterocycles. The Labute approximate surface area is 118 Å². The average Bonchev–Trinajstić information content (AvgIpc) is 2.86. The summed E-state index contributed by atoms with van der Waals surface area (Å²) >= 11 is 6.11. The molecule has 3 nitrogen and oxygen atoms in total. The van der Waals surface area contributed by atoms with Crippen LogP contribution in [0.3, 0.4) is 0 Å². The minimum absolute atomic E-state index is 0.213. The number of nitrogens with zero attached hydrogens (tertiary/aromatic N) is 1. The van der Waals surface area contributed by atoms with Gasteiger partial charge in [-0.15, -0.1) is 0 Å². The maximum Gasteiger partial charge on any atom is 0.129 e. The van der Waals surface area contributed by atoms with Gasteiger partial charge in [0.05, 0.1) is 12.1 Å². The normalized spacial score (nSPS) is 21.0. The average molecular weight is 287 g/mol. The SMILES string of the molecule is CN(CC1CCCO1)C(CN)c1c(F)cccc1Cl. The molecular formula is C14H20ClFN2O. The summed E-state index contributed by atoms with van der Waals surface area (Å²) in [6, 6.07) is 4.50. The van der Waals surface area contributed by atoms with Crippen LogP contribution in [0.15, 0.2) is 18.2 Å². The fourth-order valence-electron chi connectivity index (χ4n) is 2.58. The van der Waals surface area contributed by atoms with Crippen LogP contribution in [0.25, 0.3) is 0 Å². The van der Waals surface area contributed by atoms with Crippen molar-refractivity contribution < 1.29 is 9.13 Å². The minimum Gasteiger partial charge on any atom is -0.377 e. The summed E-state index contributed by atoms with van der Waals surface area (Å²) in [5.41, 5.74) is 6.29. The van der Waals surface area contributed by atoms with E-state index < -0.39 is 0 Å². The standard InChI is InChI=1S/C14H20ClFN2O/c1-18(9-10-4-3-7-19-10)13(8-17)14-11(15)5-2-6-12(14)16/h2,5-6,10,13H,3-4,7-9,17H2,1H3. The van der Waals surface area contributed by atoms with E-state index in [-0.39, 0.29) is 18.0 Å². The fourth-order valence-corrected chi connectivity index (χ4v) is 2.87. The summed E-state index contributed by atoms with van der Waals surface area (Å²) in [6.45, 7) is 1.88. The molecule has 0 bridgehead atoms. The maximum atomic E-state index is 14.0. The summed E-state index contributed by atoms with van der Waals surface area (Å²) in [4.78, 5) is 2.03. The smallest absolute Gasteiger partial charge is 0.129 e. The Kier molecular flexibility index (Phi) is 5.16. The lowest BCUT2D eigenvalue weighted by molar-refractivity contribution is 0.0684. The van der Waals surface area contributed by atoms with Crippen LogP contribution in [0.1, 0.15) is 24.4 Å². The van der Waals surface area contributed by atoms with E-state index >= 15 is 0 Å². The second kappa shape index (κ2) is 6.66. The van der Waals surface area contributed by atoms with Crippen molar-refractivity contribution >= 4 is 11.6 Å². The molecule has 1 fully saturated rings. The number of hydrogen-bond acceptors (Lipinski definition) is 3. The maximum absolute atomic E-state index is 14.0. The van der Waals surface area contributed by atoms with Crippen LogP contribution in [0.5, 0.6) is 0 Å². The summed E-state index contributed by atoms with van der Waals surface area (Å²) < 4.78 is 19.6. The molecule has 0 spiro atoms. The lowest BCUT2D eigenvalue weighted by Crippen LogP contribution is -2.36. The molecule has 2 N–H and O–H groups in total.